The minimum Gasteiger partial charge on any atom is -0.340 e. The number of hydrogen-bond acceptors (Lipinski definition) is 4. The fourth-order valence-electron chi connectivity index (χ4n) is 1.78. The van der Waals surface area contributed by atoms with Crippen LogP contribution in [0.1, 0.15) is 16.1 Å². The van der Waals surface area contributed by atoms with Gasteiger partial charge in [0.1, 0.15) is 5.69 Å². The Hall–Kier alpha value is -1.71. The number of nitrogens with two attached hydrogens (primary N) is 1. The van der Waals surface area contributed by atoms with Crippen LogP contribution in [0.15, 0.2) is 34.0 Å². The average molecular weight is 373 g/mol. The lowest BCUT2D eigenvalue weighted by molar-refractivity contribution is 0.102. The fraction of sp³-hybridized carbons (Fsp3) is 0.167. The molecule has 0 spiro atoms. The van der Waals surface area contributed by atoms with E-state index in [-0.39, 0.29) is 16.5 Å². The van der Waals surface area contributed by atoms with Crippen LogP contribution in [0.25, 0.3) is 0 Å². The number of carbonyl (C=O) groups is 1. The van der Waals surface area contributed by atoms with Crippen LogP contribution >= 0.6 is 15.9 Å². The van der Waals surface area contributed by atoms with E-state index in [9.17, 15) is 13.2 Å². The van der Waals surface area contributed by atoms with Gasteiger partial charge in [-0.15, -0.1) is 0 Å². The van der Waals surface area contributed by atoms with Crippen LogP contribution in [0.3, 0.4) is 0 Å². The maximum atomic E-state index is 12.0. The number of imidazole rings is 1. The summed E-state index contributed by atoms with van der Waals surface area (Å²) in [6.07, 6.45) is 3.09. The van der Waals surface area contributed by atoms with Gasteiger partial charge in [-0.25, -0.2) is 18.5 Å². The maximum Gasteiger partial charge on any atom is 0.275 e. The van der Waals surface area contributed by atoms with Crippen LogP contribution in [0.2, 0.25) is 0 Å². The number of hydrogen-bond donors (Lipinski definition) is 2. The summed E-state index contributed by atoms with van der Waals surface area (Å²) < 4.78 is 24.9. The first-order valence-corrected chi connectivity index (χ1v) is 8.14. The van der Waals surface area contributed by atoms with Crippen molar-refractivity contribution in [2.45, 2.75) is 11.8 Å². The molecule has 0 saturated carbocycles. The molecular formula is C12H13BrN4O3S. The van der Waals surface area contributed by atoms with Crippen molar-refractivity contribution in [3.05, 3.63) is 40.4 Å². The molecule has 1 aromatic carbocycles. The van der Waals surface area contributed by atoms with Crippen molar-refractivity contribution in [3.63, 3.8) is 0 Å². The first kappa shape index (κ1) is 15.7. The van der Waals surface area contributed by atoms with E-state index in [0.29, 0.717) is 15.7 Å². The quantitative estimate of drug-likeness (QED) is 0.848. The second kappa shape index (κ2) is 5.58. The Kier molecular flexibility index (Phi) is 4.17. The molecule has 112 valence electrons. The van der Waals surface area contributed by atoms with Crippen LogP contribution in [0.4, 0.5) is 5.69 Å². The Labute approximate surface area is 130 Å². The normalized spacial score (nSPS) is 11.4. The Bertz CT molecular complexity index is 814. The van der Waals surface area contributed by atoms with E-state index in [1.165, 1.54) is 18.5 Å². The number of amides is 1. The summed E-state index contributed by atoms with van der Waals surface area (Å²) in [5.74, 6) is -0.390. The van der Waals surface area contributed by atoms with Gasteiger partial charge in [0.15, 0.2) is 0 Å². The number of halogens is 1. The van der Waals surface area contributed by atoms with E-state index < -0.39 is 10.0 Å². The predicted molar refractivity (Wildman–Crippen MR) is 81.4 cm³/mol. The molecular weight excluding hydrogens is 360 g/mol. The minimum absolute atomic E-state index is 0.00482. The third-order valence-corrected chi connectivity index (χ3v) is 4.47. The van der Waals surface area contributed by atoms with Crippen molar-refractivity contribution >= 4 is 37.5 Å². The van der Waals surface area contributed by atoms with Crippen LogP contribution < -0.4 is 10.5 Å². The molecule has 2 aromatic rings. The van der Waals surface area contributed by atoms with Crippen LogP contribution in [0.5, 0.6) is 0 Å². The monoisotopic (exact) mass is 372 g/mol. The van der Waals surface area contributed by atoms with Gasteiger partial charge in [0, 0.05) is 17.7 Å². The summed E-state index contributed by atoms with van der Waals surface area (Å²) in [6, 6.07) is 2.89. The maximum absolute atomic E-state index is 12.0. The number of sulfonamides is 1. The minimum atomic E-state index is -3.81. The molecule has 0 aliphatic carbocycles. The van der Waals surface area contributed by atoms with E-state index in [0.717, 1.165) is 0 Å². The standard InChI is InChI=1S/C12H13BrN4O3S/c1-7-3-9(8(13)4-11(7)21(14,19)20)16-12(18)10-5-17(2)6-15-10/h3-6H,1-2H3,(H,16,18)(H2,14,19,20). The summed E-state index contributed by atoms with van der Waals surface area (Å²) in [7, 11) is -2.05. The molecule has 0 saturated heterocycles. The number of primary sulfonamides is 1. The number of carbonyl (C=O) groups excluding carboxylic acids is 1. The highest BCUT2D eigenvalue weighted by Gasteiger charge is 2.16. The van der Waals surface area contributed by atoms with Gasteiger partial charge in [-0.2, -0.15) is 0 Å². The van der Waals surface area contributed by atoms with E-state index >= 15 is 0 Å². The van der Waals surface area contributed by atoms with Gasteiger partial charge in [0.25, 0.3) is 5.91 Å². The Morgan fingerprint density at radius 1 is 1.43 bits per heavy atom. The number of anilines is 1. The molecule has 0 aliphatic rings. The van der Waals surface area contributed by atoms with Gasteiger partial charge in [-0.1, -0.05) is 0 Å². The molecule has 0 aliphatic heterocycles. The highest BCUT2D eigenvalue weighted by molar-refractivity contribution is 9.10. The Morgan fingerprint density at radius 3 is 2.62 bits per heavy atom. The van der Waals surface area contributed by atoms with Crippen molar-refractivity contribution in [3.8, 4) is 0 Å². The van der Waals surface area contributed by atoms with Gasteiger partial charge in [0.2, 0.25) is 10.0 Å². The van der Waals surface area contributed by atoms with Gasteiger partial charge in [0.05, 0.1) is 16.9 Å². The first-order chi connectivity index (χ1) is 9.68. The predicted octanol–water partition coefficient (Wildman–Crippen LogP) is 1.39. The molecule has 0 bridgehead atoms. The SMILES string of the molecule is Cc1cc(NC(=O)c2cn(C)cn2)c(Br)cc1S(N)(=O)=O. The molecule has 0 fully saturated rings. The van der Waals surface area contributed by atoms with Crippen molar-refractivity contribution in [2.24, 2.45) is 12.2 Å². The third-order valence-electron chi connectivity index (χ3n) is 2.76. The highest BCUT2D eigenvalue weighted by Crippen LogP contribution is 2.28. The fourth-order valence-corrected chi connectivity index (χ4v) is 3.17. The Balaban J connectivity index is 2.34. The number of aryl methyl sites for hydroxylation is 2. The molecule has 2 rings (SSSR count). The zero-order valence-corrected chi connectivity index (χ0v) is 13.7. The third kappa shape index (κ3) is 3.49. The molecule has 0 radical (unpaired) electrons. The summed E-state index contributed by atoms with van der Waals surface area (Å²) in [5, 5.41) is 7.78. The Morgan fingerprint density at radius 2 is 2.10 bits per heavy atom. The summed E-state index contributed by atoms with van der Waals surface area (Å²) in [6.45, 7) is 1.60. The van der Waals surface area contributed by atoms with Crippen molar-refractivity contribution in [2.75, 3.05) is 5.32 Å². The first-order valence-electron chi connectivity index (χ1n) is 5.81. The molecule has 9 heteroatoms. The summed E-state index contributed by atoms with van der Waals surface area (Å²) in [5.41, 5.74) is 1.14. The molecule has 0 unspecified atom stereocenters. The van der Waals surface area contributed by atoms with E-state index in [4.69, 9.17) is 5.14 Å². The molecule has 7 nitrogen and oxygen atoms in total. The zero-order valence-electron chi connectivity index (χ0n) is 11.3. The smallest absolute Gasteiger partial charge is 0.275 e. The molecule has 1 heterocycles. The number of benzene rings is 1. The van der Waals surface area contributed by atoms with Gasteiger partial charge in [-0.05, 0) is 40.5 Å². The molecule has 1 aromatic heterocycles. The van der Waals surface area contributed by atoms with Crippen LogP contribution in [-0.4, -0.2) is 23.9 Å². The average Bonchev–Trinajstić information content (AvgIpc) is 2.78. The topological polar surface area (TPSA) is 107 Å². The lowest BCUT2D eigenvalue weighted by atomic mass is 10.2. The number of nitrogens with zero attached hydrogens (tertiary/aromatic N) is 2. The highest BCUT2D eigenvalue weighted by atomic mass is 79.9. The van der Waals surface area contributed by atoms with Gasteiger partial charge in [-0.3, -0.25) is 4.79 Å². The summed E-state index contributed by atoms with van der Waals surface area (Å²) >= 11 is 3.22. The van der Waals surface area contributed by atoms with E-state index in [2.05, 4.69) is 26.2 Å². The lowest BCUT2D eigenvalue weighted by Gasteiger charge is -2.10. The van der Waals surface area contributed by atoms with Crippen LogP contribution in [0, 0.1) is 6.92 Å². The van der Waals surface area contributed by atoms with Gasteiger partial charge >= 0.3 is 0 Å². The number of aromatic nitrogens is 2. The van der Waals surface area contributed by atoms with Crippen molar-refractivity contribution in [1.82, 2.24) is 9.55 Å². The molecule has 1 amide bonds. The molecule has 21 heavy (non-hydrogen) atoms. The second-order valence-corrected chi connectivity index (χ2v) is 6.91. The largest absolute Gasteiger partial charge is 0.340 e. The summed E-state index contributed by atoms with van der Waals surface area (Å²) in [4.78, 5) is 16.0. The lowest BCUT2D eigenvalue weighted by Crippen LogP contribution is -2.16. The van der Waals surface area contributed by atoms with Gasteiger partial charge < -0.3 is 9.88 Å². The van der Waals surface area contributed by atoms with Crippen molar-refractivity contribution < 1.29 is 13.2 Å². The molecule has 0 atom stereocenters. The number of rotatable bonds is 3. The number of nitrogens with one attached hydrogen (secondary N) is 1. The van der Waals surface area contributed by atoms with Crippen LogP contribution in [-0.2, 0) is 17.1 Å². The van der Waals surface area contributed by atoms with Crippen molar-refractivity contribution in [1.29, 1.82) is 0 Å². The second-order valence-electron chi connectivity index (χ2n) is 4.52. The van der Waals surface area contributed by atoms with E-state index in [1.54, 1.807) is 24.7 Å². The zero-order chi connectivity index (χ0) is 15.8. The van der Waals surface area contributed by atoms with E-state index in [1.807, 2.05) is 0 Å². The molecule has 3 N–H and O–H groups in total.